The van der Waals surface area contributed by atoms with Gasteiger partial charge in [-0.25, -0.2) is 13.1 Å². The lowest BCUT2D eigenvalue weighted by Crippen LogP contribution is -2.27. The Hall–Kier alpha value is -1.77. The normalized spacial score (nSPS) is 11.3. The monoisotopic (exact) mass is 314 g/mol. The number of ether oxygens (including phenoxy) is 1. The van der Waals surface area contributed by atoms with E-state index in [4.69, 9.17) is 4.74 Å². The molecular formula is C13H18N2O5S. The van der Waals surface area contributed by atoms with Gasteiger partial charge in [0.05, 0.1) is 23.0 Å². The van der Waals surface area contributed by atoms with Crippen LogP contribution in [0.25, 0.3) is 0 Å². The van der Waals surface area contributed by atoms with Gasteiger partial charge in [-0.1, -0.05) is 18.2 Å². The van der Waals surface area contributed by atoms with Crippen LogP contribution >= 0.6 is 0 Å². The Balaban J connectivity index is 2.72. The van der Waals surface area contributed by atoms with Crippen LogP contribution in [-0.4, -0.2) is 33.1 Å². The minimum atomic E-state index is -3.79. The molecule has 21 heavy (non-hydrogen) atoms. The molecule has 0 saturated carbocycles. The zero-order chi connectivity index (χ0) is 16.0. The molecule has 0 unspecified atom stereocenters. The number of nitro groups is 1. The fourth-order valence-corrected chi connectivity index (χ4v) is 2.56. The molecule has 0 aliphatic carbocycles. The number of rotatable bonds is 8. The standard InChI is InChI=1S/C13H18N2O5S/c1-10(2)9-20-7-6-14-21(18,19)12-5-4-11(3)13(8-12)15(16)17/h4-5,8,14H,1,6-7,9H2,2-3H3. The maximum Gasteiger partial charge on any atom is 0.273 e. The maximum atomic E-state index is 12.0. The molecular weight excluding hydrogens is 296 g/mol. The number of nitrogens with zero attached hydrogens (tertiary/aromatic N) is 1. The third-order valence-corrected chi connectivity index (χ3v) is 4.03. The van der Waals surface area contributed by atoms with Crippen molar-refractivity contribution in [3.63, 3.8) is 0 Å². The molecule has 1 rings (SSSR count). The molecule has 0 saturated heterocycles. The fraction of sp³-hybridized carbons (Fsp3) is 0.385. The third kappa shape index (κ3) is 5.25. The topological polar surface area (TPSA) is 98.5 Å². The van der Waals surface area contributed by atoms with Crippen molar-refractivity contribution < 1.29 is 18.1 Å². The summed E-state index contributed by atoms with van der Waals surface area (Å²) in [6.07, 6.45) is 0. The molecule has 0 heterocycles. The molecule has 0 amide bonds. The van der Waals surface area contributed by atoms with Crippen LogP contribution in [0, 0.1) is 17.0 Å². The minimum Gasteiger partial charge on any atom is -0.376 e. The van der Waals surface area contributed by atoms with E-state index < -0.39 is 14.9 Å². The Morgan fingerprint density at radius 3 is 2.71 bits per heavy atom. The average Bonchev–Trinajstić information content (AvgIpc) is 2.37. The van der Waals surface area contributed by atoms with Crippen molar-refractivity contribution in [3.8, 4) is 0 Å². The molecule has 0 aromatic heterocycles. The molecule has 0 fully saturated rings. The van der Waals surface area contributed by atoms with E-state index in [1.807, 2.05) is 0 Å². The summed E-state index contributed by atoms with van der Waals surface area (Å²) in [5.74, 6) is 0. The lowest BCUT2D eigenvalue weighted by molar-refractivity contribution is -0.385. The molecule has 1 N–H and O–H groups in total. The van der Waals surface area contributed by atoms with E-state index in [1.165, 1.54) is 12.1 Å². The van der Waals surface area contributed by atoms with Crippen LogP contribution in [0.4, 0.5) is 5.69 Å². The van der Waals surface area contributed by atoms with Gasteiger partial charge in [0.25, 0.3) is 5.69 Å². The molecule has 0 atom stereocenters. The van der Waals surface area contributed by atoms with Crippen LogP contribution in [0.3, 0.4) is 0 Å². The maximum absolute atomic E-state index is 12.0. The molecule has 0 bridgehead atoms. The molecule has 0 radical (unpaired) electrons. The number of nitro benzene ring substituents is 1. The molecule has 7 nitrogen and oxygen atoms in total. The van der Waals surface area contributed by atoms with Gasteiger partial charge in [-0.15, -0.1) is 0 Å². The second kappa shape index (κ2) is 7.30. The van der Waals surface area contributed by atoms with Crippen LogP contribution in [0.15, 0.2) is 35.2 Å². The Labute approximate surface area is 123 Å². The quantitative estimate of drug-likeness (QED) is 0.341. The number of hydrogen-bond acceptors (Lipinski definition) is 5. The molecule has 1 aromatic rings. The van der Waals surface area contributed by atoms with E-state index in [1.54, 1.807) is 13.8 Å². The van der Waals surface area contributed by atoms with E-state index in [0.29, 0.717) is 12.2 Å². The zero-order valence-electron chi connectivity index (χ0n) is 12.0. The predicted octanol–water partition coefficient (Wildman–Crippen LogP) is 1.77. The Morgan fingerprint density at radius 2 is 2.14 bits per heavy atom. The lowest BCUT2D eigenvalue weighted by atomic mass is 10.2. The second-order valence-electron chi connectivity index (χ2n) is 4.61. The van der Waals surface area contributed by atoms with E-state index in [2.05, 4.69) is 11.3 Å². The summed E-state index contributed by atoms with van der Waals surface area (Å²) in [4.78, 5) is 10.1. The first-order valence-electron chi connectivity index (χ1n) is 6.21. The van der Waals surface area contributed by atoms with Gasteiger partial charge in [0.15, 0.2) is 0 Å². The van der Waals surface area contributed by atoms with Crippen LogP contribution in [0.2, 0.25) is 0 Å². The minimum absolute atomic E-state index is 0.0806. The second-order valence-corrected chi connectivity index (χ2v) is 6.38. The molecule has 0 aliphatic rings. The molecule has 0 spiro atoms. The van der Waals surface area contributed by atoms with E-state index in [0.717, 1.165) is 11.6 Å². The highest BCUT2D eigenvalue weighted by Gasteiger charge is 2.19. The Morgan fingerprint density at radius 1 is 1.48 bits per heavy atom. The highest BCUT2D eigenvalue weighted by Crippen LogP contribution is 2.21. The summed E-state index contributed by atoms with van der Waals surface area (Å²) in [7, 11) is -3.79. The summed E-state index contributed by atoms with van der Waals surface area (Å²) in [6.45, 7) is 7.64. The first kappa shape index (κ1) is 17.3. The van der Waals surface area contributed by atoms with Crippen LogP contribution in [0.1, 0.15) is 12.5 Å². The smallest absolute Gasteiger partial charge is 0.273 e. The molecule has 8 heteroatoms. The van der Waals surface area contributed by atoms with Crippen LogP contribution in [0.5, 0.6) is 0 Å². The number of hydrogen-bond donors (Lipinski definition) is 1. The van der Waals surface area contributed by atoms with Gasteiger partial charge in [-0.3, -0.25) is 10.1 Å². The van der Waals surface area contributed by atoms with Crippen molar-refractivity contribution in [2.24, 2.45) is 0 Å². The fourth-order valence-electron chi connectivity index (χ4n) is 1.53. The summed E-state index contributed by atoms with van der Waals surface area (Å²) in [5.41, 5.74) is 1.02. The zero-order valence-corrected chi connectivity index (χ0v) is 12.8. The predicted molar refractivity (Wildman–Crippen MR) is 78.7 cm³/mol. The van der Waals surface area contributed by atoms with Gasteiger partial charge in [0.1, 0.15) is 0 Å². The first-order chi connectivity index (χ1) is 9.74. The van der Waals surface area contributed by atoms with Crippen molar-refractivity contribution >= 4 is 15.7 Å². The van der Waals surface area contributed by atoms with E-state index in [-0.39, 0.29) is 23.7 Å². The summed E-state index contributed by atoms with van der Waals surface area (Å²) < 4.78 is 31.5. The Kier molecular flexibility index (Phi) is 6.01. The summed E-state index contributed by atoms with van der Waals surface area (Å²) in [6, 6.07) is 3.79. The van der Waals surface area contributed by atoms with Crippen molar-refractivity contribution in [2.75, 3.05) is 19.8 Å². The number of nitrogens with one attached hydrogen (secondary N) is 1. The van der Waals surface area contributed by atoms with Crippen LogP contribution < -0.4 is 4.72 Å². The van der Waals surface area contributed by atoms with Gasteiger partial charge < -0.3 is 4.74 Å². The van der Waals surface area contributed by atoms with Gasteiger partial charge in [-0.05, 0) is 19.9 Å². The van der Waals surface area contributed by atoms with Gasteiger partial charge in [-0.2, -0.15) is 0 Å². The molecule has 1 aromatic carbocycles. The van der Waals surface area contributed by atoms with Gasteiger partial charge >= 0.3 is 0 Å². The van der Waals surface area contributed by atoms with E-state index >= 15 is 0 Å². The third-order valence-electron chi connectivity index (χ3n) is 2.57. The number of aryl methyl sites for hydroxylation is 1. The lowest BCUT2D eigenvalue weighted by Gasteiger charge is -2.08. The summed E-state index contributed by atoms with van der Waals surface area (Å²) in [5, 5.41) is 10.8. The van der Waals surface area contributed by atoms with Crippen molar-refractivity contribution in [3.05, 3.63) is 46.0 Å². The SMILES string of the molecule is C=C(C)COCCNS(=O)(=O)c1ccc(C)c([N+](=O)[O-])c1. The van der Waals surface area contributed by atoms with E-state index in [9.17, 15) is 18.5 Å². The van der Waals surface area contributed by atoms with Crippen molar-refractivity contribution in [2.45, 2.75) is 18.7 Å². The number of benzene rings is 1. The van der Waals surface area contributed by atoms with Crippen LogP contribution in [-0.2, 0) is 14.8 Å². The van der Waals surface area contributed by atoms with Crippen molar-refractivity contribution in [1.29, 1.82) is 0 Å². The molecule has 116 valence electrons. The largest absolute Gasteiger partial charge is 0.376 e. The van der Waals surface area contributed by atoms with Gasteiger partial charge in [0, 0.05) is 18.2 Å². The highest BCUT2D eigenvalue weighted by atomic mass is 32.2. The van der Waals surface area contributed by atoms with Crippen molar-refractivity contribution in [1.82, 2.24) is 4.72 Å². The highest BCUT2D eigenvalue weighted by molar-refractivity contribution is 7.89. The first-order valence-corrected chi connectivity index (χ1v) is 7.69. The Bertz CT molecular complexity index is 640. The van der Waals surface area contributed by atoms with Gasteiger partial charge in [0.2, 0.25) is 10.0 Å². The molecule has 0 aliphatic heterocycles. The average molecular weight is 314 g/mol. The summed E-state index contributed by atoms with van der Waals surface area (Å²) >= 11 is 0. The number of sulfonamides is 1.